The predicted molar refractivity (Wildman–Crippen MR) is 134 cm³/mol. The van der Waals surface area contributed by atoms with Gasteiger partial charge < -0.3 is 20.3 Å². The molecule has 9 heteroatoms. The van der Waals surface area contributed by atoms with Gasteiger partial charge in [0.15, 0.2) is 0 Å². The molecule has 2 aromatic rings. The monoisotopic (exact) mass is 497 g/mol. The number of ether oxygens (including phenoxy) is 1. The van der Waals surface area contributed by atoms with Crippen LogP contribution in [-0.4, -0.2) is 59.0 Å². The Balaban J connectivity index is 1.24. The summed E-state index contributed by atoms with van der Waals surface area (Å²) in [7, 11) is 0. The van der Waals surface area contributed by atoms with Gasteiger partial charge in [-0.1, -0.05) is 43.0 Å². The number of amides is 2. The molecule has 3 aliphatic rings. The van der Waals surface area contributed by atoms with E-state index in [-0.39, 0.29) is 24.4 Å². The van der Waals surface area contributed by atoms with Gasteiger partial charge in [-0.15, -0.1) is 0 Å². The molecule has 0 radical (unpaired) electrons. The molecular weight excluding hydrogens is 466 g/mol. The number of halogens is 1. The first-order chi connectivity index (χ1) is 17.1. The van der Waals surface area contributed by atoms with Gasteiger partial charge >= 0.3 is 0 Å². The van der Waals surface area contributed by atoms with E-state index in [1.54, 1.807) is 11.1 Å². The summed E-state index contributed by atoms with van der Waals surface area (Å²) in [4.78, 5) is 36.2. The summed E-state index contributed by atoms with van der Waals surface area (Å²) in [5.41, 5.74) is 2.83. The average Bonchev–Trinajstić information content (AvgIpc) is 3.19. The maximum Gasteiger partial charge on any atom is 0.254 e. The molecule has 186 valence electrons. The lowest BCUT2D eigenvalue weighted by molar-refractivity contribution is -0.122. The van der Waals surface area contributed by atoms with Crippen molar-refractivity contribution < 1.29 is 14.3 Å². The summed E-state index contributed by atoms with van der Waals surface area (Å²) in [6.07, 6.45) is 9.52. The summed E-state index contributed by atoms with van der Waals surface area (Å²) in [6.45, 7) is 2.65. The Kier molecular flexibility index (Phi) is 7.48. The zero-order chi connectivity index (χ0) is 24.2. The molecule has 2 amide bonds. The molecule has 1 saturated heterocycles. The molecular formula is C26H32ClN5O3. The second kappa shape index (κ2) is 10.9. The van der Waals surface area contributed by atoms with Crippen LogP contribution < -0.4 is 10.6 Å². The first-order valence-corrected chi connectivity index (χ1v) is 13.0. The van der Waals surface area contributed by atoms with E-state index in [1.807, 2.05) is 18.2 Å². The SMILES string of the molecule is O=C(CN1Cc2ccc(-c3nc(NC4CCOCC4)ncc3Cl)cc2C1=O)NCC1CCCCC1. The number of hydrogen-bond acceptors (Lipinski definition) is 6. The van der Waals surface area contributed by atoms with Crippen LogP contribution in [0.4, 0.5) is 5.95 Å². The number of nitrogens with zero attached hydrogens (tertiary/aromatic N) is 3. The smallest absolute Gasteiger partial charge is 0.254 e. The third-order valence-electron chi connectivity index (χ3n) is 7.21. The molecule has 1 aromatic carbocycles. The Morgan fingerprint density at radius 1 is 1.14 bits per heavy atom. The van der Waals surface area contributed by atoms with Gasteiger partial charge in [-0.05, 0) is 43.2 Å². The Labute approximate surface area is 210 Å². The highest BCUT2D eigenvalue weighted by atomic mass is 35.5. The molecule has 2 fully saturated rings. The van der Waals surface area contributed by atoms with Crippen LogP contribution in [0.25, 0.3) is 11.3 Å². The summed E-state index contributed by atoms with van der Waals surface area (Å²) in [5, 5.41) is 6.81. The Morgan fingerprint density at radius 2 is 1.94 bits per heavy atom. The van der Waals surface area contributed by atoms with E-state index < -0.39 is 0 Å². The number of fused-ring (bicyclic) bond motifs is 1. The fraction of sp³-hybridized carbons (Fsp3) is 0.538. The number of carbonyl (C=O) groups excluding carboxylic acids is 2. The van der Waals surface area contributed by atoms with Crippen LogP contribution in [0, 0.1) is 5.92 Å². The summed E-state index contributed by atoms with van der Waals surface area (Å²) in [5.74, 6) is 0.838. The summed E-state index contributed by atoms with van der Waals surface area (Å²) >= 11 is 6.44. The standard InChI is InChI=1S/C26H32ClN5O3/c27-22-14-29-26(30-20-8-10-35-11-9-20)31-24(22)18-6-7-19-15-32(25(34)21(19)12-18)16-23(33)28-13-17-4-2-1-3-5-17/h6-7,12,14,17,20H,1-5,8-11,13,15-16H2,(H,28,33)(H,29,30,31). The van der Waals surface area contributed by atoms with Crippen molar-refractivity contribution in [1.29, 1.82) is 0 Å². The van der Waals surface area contributed by atoms with Crippen LogP contribution in [-0.2, 0) is 16.1 Å². The van der Waals surface area contributed by atoms with Crippen molar-refractivity contribution in [2.24, 2.45) is 5.92 Å². The second-order valence-electron chi connectivity index (χ2n) is 9.76. The molecule has 3 heterocycles. The Morgan fingerprint density at radius 3 is 2.74 bits per heavy atom. The molecule has 0 spiro atoms. The normalized spacial score (nSPS) is 19.0. The van der Waals surface area contributed by atoms with Crippen molar-refractivity contribution in [1.82, 2.24) is 20.2 Å². The topological polar surface area (TPSA) is 96.5 Å². The third kappa shape index (κ3) is 5.76. The molecule has 0 unspecified atom stereocenters. The van der Waals surface area contributed by atoms with Crippen molar-refractivity contribution >= 4 is 29.4 Å². The highest BCUT2D eigenvalue weighted by Crippen LogP contribution is 2.31. The van der Waals surface area contributed by atoms with E-state index in [9.17, 15) is 9.59 Å². The number of aromatic nitrogens is 2. The maximum absolute atomic E-state index is 13.1. The number of nitrogens with one attached hydrogen (secondary N) is 2. The zero-order valence-corrected chi connectivity index (χ0v) is 20.6. The second-order valence-corrected chi connectivity index (χ2v) is 10.2. The average molecular weight is 498 g/mol. The highest BCUT2D eigenvalue weighted by Gasteiger charge is 2.29. The molecule has 35 heavy (non-hydrogen) atoms. The minimum absolute atomic E-state index is 0.0724. The highest BCUT2D eigenvalue weighted by molar-refractivity contribution is 6.33. The first-order valence-electron chi connectivity index (χ1n) is 12.6. The van der Waals surface area contributed by atoms with E-state index >= 15 is 0 Å². The fourth-order valence-corrected chi connectivity index (χ4v) is 5.38. The van der Waals surface area contributed by atoms with Gasteiger partial charge in [0, 0.05) is 43.5 Å². The van der Waals surface area contributed by atoms with E-state index in [2.05, 4.69) is 20.6 Å². The lowest BCUT2D eigenvalue weighted by atomic mass is 9.89. The van der Waals surface area contributed by atoms with E-state index in [1.165, 1.54) is 32.1 Å². The molecule has 2 aliphatic heterocycles. The molecule has 0 bridgehead atoms. The number of rotatable bonds is 7. The molecule has 0 atom stereocenters. The summed E-state index contributed by atoms with van der Waals surface area (Å²) in [6, 6.07) is 5.93. The minimum atomic E-state index is -0.139. The predicted octanol–water partition coefficient (Wildman–Crippen LogP) is 4.04. The van der Waals surface area contributed by atoms with E-state index in [4.69, 9.17) is 16.3 Å². The van der Waals surface area contributed by atoms with Gasteiger partial charge in [0.1, 0.15) is 6.54 Å². The lowest BCUT2D eigenvalue weighted by Gasteiger charge is -2.23. The third-order valence-corrected chi connectivity index (χ3v) is 7.48. The first kappa shape index (κ1) is 24.0. The van der Waals surface area contributed by atoms with Crippen molar-refractivity contribution in [3.05, 3.63) is 40.5 Å². The van der Waals surface area contributed by atoms with Crippen molar-refractivity contribution in [2.45, 2.75) is 57.5 Å². The van der Waals surface area contributed by atoms with Crippen LogP contribution >= 0.6 is 11.6 Å². The van der Waals surface area contributed by atoms with E-state index in [0.29, 0.717) is 41.2 Å². The molecule has 1 aliphatic carbocycles. The van der Waals surface area contributed by atoms with Gasteiger partial charge in [-0.3, -0.25) is 9.59 Å². The minimum Gasteiger partial charge on any atom is -0.381 e. The Hall–Kier alpha value is -2.71. The zero-order valence-electron chi connectivity index (χ0n) is 19.9. The number of hydrogen-bond donors (Lipinski definition) is 2. The molecule has 2 N–H and O–H groups in total. The number of benzene rings is 1. The Bertz CT molecular complexity index is 1080. The number of carbonyl (C=O) groups is 2. The van der Waals surface area contributed by atoms with Gasteiger partial charge in [0.05, 0.1) is 16.9 Å². The van der Waals surface area contributed by atoms with Gasteiger partial charge in [-0.25, -0.2) is 9.97 Å². The van der Waals surface area contributed by atoms with Gasteiger partial charge in [0.25, 0.3) is 5.91 Å². The quantitative estimate of drug-likeness (QED) is 0.599. The van der Waals surface area contributed by atoms with Crippen molar-refractivity contribution in [2.75, 3.05) is 31.6 Å². The van der Waals surface area contributed by atoms with Crippen molar-refractivity contribution in [3.8, 4) is 11.3 Å². The number of anilines is 1. The van der Waals surface area contributed by atoms with Gasteiger partial charge in [-0.2, -0.15) is 0 Å². The van der Waals surface area contributed by atoms with Crippen LogP contribution in [0.2, 0.25) is 5.02 Å². The fourth-order valence-electron chi connectivity index (χ4n) is 5.18. The maximum atomic E-state index is 13.1. The van der Waals surface area contributed by atoms with Crippen LogP contribution in [0.3, 0.4) is 0 Å². The molecule has 5 rings (SSSR count). The van der Waals surface area contributed by atoms with Crippen LogP contribution in [0.15, 0.2) is 24.4 Å². The molecule has 8 nitrogen and oxygen atoms in total. The largest absolute Gasteiger partial charge is 0.381 e. The lowest BCUT2D eigenvalue weighted by Crippen LogP contribution is -2.39. The summed E-state index contributed by atoms with van der Waals surface area (Å²) < 4.78 is 5.41. The van der Waals surface area contributed by atoms with Crippen LogP contribution in [0.5, 0.6) is 0 Å². The van der Waals surface area contributed by atoms with E-state index in [0.717, 1.165) is 37.2 Å². The van der Waals surface area contributed by atoms with Crippen LogP contribution in [0.1, 0.15) is 60.9 Å². The van der Waals surface area contributed by atoms with Gasteiger partial charge in [0.2, 0.25) is 11.9 Å². The van der Waals surface area contributed by atoms with Crippen molar-refractivity contribution in [3.63, 3.8) is 0 Å². The molecule has 1 aromatic heterocycles. The molecule has 1 saturated carbocycles.